The lowest BCUT2D eigenvalue weighted by Crippen LogP contribution is -2.13. The number of thioether (sulfide) groups is 1. The van der Waals surface area contributed by atoms with E-state index >= 15 is 0 Å². The molecule has 0 unspecified atom stereocenters. The SMILES string of the molecule is O=C(CCSc1ccccc1)OCC(=O)c1ccc(Br)s1. The predicted octanol–water partition coefficient (Wildman–Crippen LogP) is 4.42. The Balaban J connectivity index is 1.67. The van der Waals surface area contributed by atoms with Crippen molar-refractivity contribution in [2.75, 3.05) is 12.4 Å². The smallest absolute Gasteiger partial charge is 0.307 e. The number of benzene rings is 1. The van der Waals surface area contributed by atoms with Crippen LogP contribution in [0.25, 0.3) is 0 Å². The number of hydrogen-bond acceptors (Lipinski definition) is 5. The number of ether oxygens (including phenoxy) is 1. The van der Waals surface area contributed by atoms with Crippen LogP contribution in [0.5, 0.6) is 0 Å². The van der Waals surface area contributed by atoms with Gasteiger partial charge in [0.25, 0.3) is 0 Å². The average molecular weight is 385 g/mol. The molecule has 0 fully saturated rings. The molecular formula is C15H13BrO3S2. The van der Waals surface area contributed by atoms with Crippen molar-refractivity contribution >= 4 is 50.8 Å². The molecule has 21 heavy (non-hydrogen) atoms. The maximum Gasteiger partial charge on any atom is 0.307 e. The van der Waals surface area contributed by atoms with E-state index in [1.165, 1.54) is 11.3 Å². The largest absolute Gasteiger partial charge is 0.457 e. The molecule has 6 heteroatoms. The van der Waals surface area contributed by atoms with E-state index in [-0.39, 0.29) is 18.4 Å². The maximum atomic E-state index is 11.8. The quantitative estimate of drug-likeness (QED) is 0.402. The molecule has 2 rings (SSSR count). The van der Waals surface area contributed by atoms with Gasteiger partial charge in [0.05, 0.1) is 15.1 Å². The molecule has 3 nitrogen and oxygen atoms in total. The molecule has 0 bridgehead atoms. The molecule has 0 N–H and O–H groups in total. The lowest BCUT2D eigenvalue weighted by Gasteiger charge is -2.03. The number of ketones is 1. The third kappa shape index (κ3) is 5.65. The maximum absolute atomic E-state index is 11.8. The van der Waals surface area contributed by atoms with E-state index in [1.54, 1.807) is 23.9 Å². The summed E-state index contributed by atoms with van der Waals surface area (Å²) >= 11 is 6.22. The molecule has 0 atom stereocenters. The summed E-state index contributed by atoms with van der Waals surface area (Å²) < 4.78 is 5.88. The molecule has 0 aliphatic carbocycles. The van der Waals surface area contributed by atoms with Crippen LogP contribution in [0.2, 0.25) is 0 Å². The van der Waals surface area contributed by atoms with Crippen molar-refractivity contribution in [2.45, 2.75) is 11.3 Å². The predicted molar refractivity (Wildman–Crippen MR) is 89.1 cm³/mol. The van der Waals surface area contributed by atoms with Gasteiger partial charge in [-0.3, -0.25) is 9.59 Å². The standard InChI is InChI=1S/C15H13BrO3S2/c16-14-7-6-13(21-14)12(17)10-19-15(18)8-9-20-11-4-2-1-3-5-11/h1-7H,8-10H2. The van der Waals surface area contributed by atoms with Crippen molar-refractivity contribution in [2.24, 2.45) is 0 Å². The average Bonchev–Trinajstić information content (AvgIpc) is 2.92. The van der Waals surface area contributed by atoms with E-state index < -0.39 is 0 Å². The first-order valence-corrected chi connectivity index (χ1v) is 8.86. The number of hydrogen-bond donors (Lipinski definition) is 0. The van der Waals surface area contributed by atoms with Gasteiger partial charge < -0.3 is 4.74 Å². The second-order valence-corrected chi connectivity index (χ2v) is 7.73. The Hall–Kier alpha value is -1.11. The Morgan fingerprint density at radius 1 is 1.14 bits per heavy atom. The third-order valence-electron chi connectivity index (χ3n) is 2.53. The number of Topliss-reactive ketones (excluding diaryl/α,β-unsaturated/α-hetero) is 1. The Bertz CT molecular complexity index is 610. The van der Waals surface area contributed by atoms with Gasteiger partial charge in [-0.1, -0.05) is 18.2 Å². The zero-order chi connectivity index (χ0) is 15.1. The first kappa shape index (κ1) is 16.3. The Morgan fingerprint density at radius 3 is 2.57 bits per heavy atom. The number of rotatable bonds is 7. The molecule has 0 spiro atoms. The van der Waals surface area contributed by atoms with Crippen LogP contribution in [0.1, 0.15) is 16.1 Å². The Kier molecular flexibility index (Phi) is 6.48. The van der Waals surface area contributed by atoms with Gasteiger partial charge in [-0.2, -0.15) is 0 Å². The molecule has 0 amide bonds. The summed E-state index contributed by atoms with van der Waals surface area (Å²) in [6.07, 6.45) is 0.293. The van der Waals surface area contributed by atoms with Gasteiger partial charge in [0, 0.05) is 10.6 Å². The highest BCUT2D eigenvalue weighted by Gasteiger charge is 2.11. The van der Waals surface area contributed by atoms with Gasteiger partial charge in [0.1, 0.15) is 0 Å². The summed E-state index contributed by atoms with van der Waals surface area (Å²) in [7, 11) is 0. The van der Waals surface area contributed by atoms with Crippen LogP contribution in [0.15, 0.2) is 51.1 Å². The van der Waals surface area contributed by atoms with Crippen LogP contribution in [0.3, 0.4) is 0 Å². The van der Waals surface area contributed by atoms with Gasteiger partial charge in [-0.15, -0.1) is 23.1 Å². The van der Waals surface area contributed by atoms with Gasteiger partial charge in [-0.25, -0.2) is 0 Å². The van der Waals surface area contributed by atoms with E-state index in [2.05, 4.69) is 15.9 Å². The minimum absolute atomic E-state index is 0.172. The lowest BCUT2D eigenvalue weighted by molar-refractivity contribution is -0.141. The van der Waals surface area contributed by atoms with E-state index in [0.29, 0.717) is 17.1 Å². The third-order valence-corrected chi connectivity index (χ3v) is 5.21. The van der Waals surface area contributed by atoms with Crippen LogP contribution >= 0.6 is 39.0 Å². The van der Waals surface area contributed by atoms with Gasteiger partial charge in [0.2, 0.25) is 5.78 Å². The van der Waals surface area contributed by atoms with Gasteiger partial charge in [0.15, 0.2) is 6.61 Å². The van der Waals surface area contributed by atoms with Crippen molar-refractivity contribution in [3.05, 3.63) is 51.1 Å². The van der Waals surface area contributed by atoms with E-state index in [1.807, 2.05) is 30.3 Å². The second-order valence-electron chi connectivity index (χ2n) is 4.10. The summed E-state index contributed by atoms with van der Waals surface area (Å²) in [6.45, 7) is -0.193. The summed E-state index contributed by atoms with van der Waals surface area (Å²) in [5.41, 5.74) is 0. The molecule has 2 aromatic rings. The van der Waals surface area contributed by atoms with E-state index in [4.69, 9.17) is 4.74 Å². The number of halogens is 1. The normalized spacial score (nSPS) is 10.3. The summed E-state index contributed by atoms with van der Waals surface area (Å²) in [5.74, 6) is 0.124. The highest BCUT2D eigenvalue weighted by molar-refractivity contribution is 9.11. The van der Waals surface area contributed by atoms with E-state index in [0.717, 1.165) is 8.68 Å². The second kappa shape index (κ2) is 8.36. The summed E-state index contributed by atoms with van der Waals surface area (Å²) in [6, 6.07) is 13.4. The topological polar surface area (TPSA) is 43.4 Å². The number of esters is 1. The van der Waals surface area contributed by atoms with Crippen LogP contribution in [-0.4, -0.2) is 24.1 Å². The zero-order valence-corrected chi connectivity index (χ0v) is 14.3. The number of thiophene rings is 1. The van der Waals surface area contributed by atoms with Crippen molar-refractivity contribution in [1.82, 2.24) is 0 Å². The first-order valence-electron chi connectivity index (χ1n) is 6.27. The molecule has 0 saturated carbocycles. The van der Waals surface area contributed by atoms with Gasteiger partial charge >= 0.3 is 5.97 Å². The fourth-order valence-electron chi connectivity index (χ4n) is 1.52. The summed E-state index contributed by atoms with van der Waals surface area (Å²) in [4.78, 5) is 25.1. The Labute approximate surface area is 139 Å². The first-order chi connectivity index (χ1) is 10.1. The Morgan fingerprint density at radius 2 is 1.90 bits per heavy atom. The zero-order valence-electron chi connectivity index (χ0n) is 11.1. The van der Waals surface area contributed by atoms with Gasteiger partial charge in [-0.05, 0) is 40.2 Å². The minimum Gasteiger partial charge on any atom is -0.457 e. The molecular weight excluding hydrogens is 372 g/mol. The van der Waals surface area contributed by atoms with Crippen LogP contribution in [0, 0.1) is 0 Å². The molecule has 1 heterocycles. The van der Waals surface area contributed by atoms with Crippen molar-refractivity contribution in [3.8, 4) is 0 Å². The number of carbonyl (C=O) groups excluding carboxylic acids is 2. The molecule has 0 aliphatic rings. The fraction of sp³-hybridized carbons (Fsp3) is 0.200. The molecule has 0 aliphatic heterocycles. The highest BCUT2D eigenvalue weighted by atomic mass is 79.9. The molecule has 0 saturated heterocycles. The van der Waals surface area contributed by atoms with Crippen molar-refractivity contribution in [3.63, 3.8) is 0 Å². The fourth-order valence-corrected chi connectivity index (χ4v) is 3.69. The molecule has 1 aromatic carbocycles. The minimum atomic E-state index is -0.345. The van der Waals surface area contributed by atoms with Crippen LogP contribution in [-0.2, 0) is 9.53 Å². The highest BCUT2D eigenvalue weighted by Crippen LogP contribution is 2.22. The van der Waals surface area contributed by atoms with Crippen LogP contribution in [0.4, 0.5) is 0 Å². The molecule has 1 aromatic heterocycles. The molecule has 0 radical (unpaired) electrons. The molecule has 110 valence electrons. The van der Waals surface area contributed by atoms with Crippen LogP contribution < -0.4 is 0 Å². The van der Waals surface area contributed by atoms with Crippen molar-refractivity contribution in [1.29, 1.82) is 0 Å². The number of carbonyl (C=O) groups is 2. The van der Waals surface area contributed by atoms with E-state index in [9.17, 15) is 9.59 Å². The monoisotopic (exact) mass is 384 g/mol. The lowest BCUT2D eigenvalue weighted by atomic mass is 10.3. The van der Waals surface area contributed by atoms with Crippen molar-refractivity contribution < 1.29 is 14.3 Å². The summed E-state index contributed by atoms with van der Waals surface area (Å²) in [5, 5.41) is 0.